The summed E-state index contributed by atoms with van der Waals surface area (Å²) in [5, 5.41) is 5.39. The highest BCUT2D eigenvalue weighted by Gasteiger charge is 2.29. The lowest BCUT2D eigenvalue weighted by molar-refractivity contribution is -0.135. The molecule has 1 atom stereocenters. The standard InChI is InChI=1S/C15H18BrN3O3/c1-9-7-10(16)3-4-11(9)17-14(21)8-19(2)15(22)12-5-6-13(20)18-12/h3-4,7,12H,5-6,8H2,1-2H3,(H,17,21)(H,18,20)/t12-/m0/s1. The van der Waals surface area contributed by atoms with Gasteiger partial charge in [0.05, 0.1) is 6.54 Å². The molecule has 118 valence electrons. The third kappa shape index (κ3) is 4.07. The first-order valence-corrected chi connectivity index (χ1v) is 7.76. The van der Waals surface area contributed by atoms with Crippen LogP contribution in [0.2, 0.25) is 0 Å². The molecule has 1 aliphatic heterocycles. The lowest BCUT2D eigenvalue weighted by Crippen LogP contribution is -2.45. The van der Waals surface area contributed by atoms with E-state index in [2.05, 4.69) is 26.6 Å². The van der Waals surface area contributed by atoms with E-state index in [0.29, 0.717) is 18.5 Å². The number of nitrogens with zero attached hydrogens (tertiary/aromatic N) is 1. The largest absolute Gasteiger partial charge is 0.344 e. The van der Waals surface area contributed by atoms with Gasteiger partial charge in [0.15, 0.2) is 0 Å². The summed E-state index contributed by atoms with van der Waals surface area (Å²) in [5.74, 6) is -0.638. The number of likely N-dealkylation sites (N-methyl/N-ethyl adjacent to an activating group) is 1. The molecule has 1 heterocycles. The van der Waals surface area contributed by atoms with E-state index in [9.17, 15) is 14.4 Å². The predicted molar refractivity (Wildman–Crippen MR) is 86.3 cm³/mol. The van der Waals surface area contributed by atoms with Gasteiger partial charge in [-0.3, -0.25) is 14.4 Å². The van der Waals surface area contributed by atoms with E-state index in [-0.39, 0.29) is 24.3 Å². The van der Waals surface area contributed by atoms with Gasteiger partial charge < -0.3 is 15.5 Å². The number of carbonyl (C=O) groups excluding carboxylic acids is 3. The van der Waals surface area contributed by atoms with E-state index in [1.165, 1.54) is 4.90 Å². The molecule has 1 aromatic rings. The number of anilines is 1. The number of halogens is 1. The summed E-state index contributed by atoms with van der Waals surface area (Å²) in [4.78, 5) is 36.6. The van der Waals surface area contributed by atoms with Crippen molar-refractivity contribution in [1.29, 1.82) is 0 Å². The molecule has 3 amide bonds. The molecule has 0 radical (unpaired) electrons. The Kier molecular flexibility index (Phi) is 5.18. The lowest BCUT2D eigenvalue weighted by Gasteiger charge is -2.20. The van der Waals surface area contributed by atoms with E-state index in [1.54, 1.807) is 13.1 Å². The predicted octanol–water partition coefficient (Wildman–Crippen LogP) is 1.43. The Hall–Kier alpha value is -1.89. The smallest absolute Gasteiger partial charge is 0.245 e. The number of benzene rings is 1. The molecule has 1 aromatic carbocycles. The van der Waals surface area contributed by atoms with Crippen LogP contribution in [0.1, 0.15) is 18.4 Å². The molecular formula is C15H18BrN3O3. The second-order valence-corrected chi connectivity index (χ2v) is 6.28. The van der Waals surface area contributed by atoms with Gasteiger partial charge in [0.25, 0.3) is 0 Å². The van der Waals surface area contributed by atoms with Crippen LogP contribution in [-0.2, 0) is 14.4 Å². The number of carbonyl (C=O) groups is 3. The van der Waals surface area contributed by atoms with Crippen molar-refractivity contribution in [2.75, 3.05) is 18.9 Å². The quantitative estimate of drug-likeness (QED) is 0.844. The maximum Gasteiger partial charge on any atom is 0.245 e. The third-order valence-corrected chi connectivity index (χ3v) is 4.01. The Balaban J connectivity index is 1.91. The third-order valence-electron chi connectivity index (χ3n) is 3.51. The Labute approximate surface area is 137 Å². The molecule has 0 unspecified atom stereocenters. The van der Waals surface area contributed by atoms with Gasteiger partial charge in [-0.15, -0.1) is 0 Å². The summed E-state index contributed by atoms with van der Waals surface area (Å²) in [6, 6.07) is 5.03. The van der Waals surface area contributed by atoms with E-state index in [1.807, 2.05) is 19.1 Å². The molecule has 6 nitrogen and oxygen atoms in total. The Morgan fingerprint density at radius 1 is 1.45 bits per heavy atom. The van der Waals surface area contributed by atoms with Gasteiger partial charge in [-0.1, -0.05) is 15.9 Å². The first-order chi connectivity index (χ1) is 10.4. The van der Waals surface area contributed by atoms with Crippen molar-refractivity contribution in [1.82, 2.24) is 10.2 Å². The van der Waals surface area contributed by atoms with Crippen molar-refractivity contribution >= 4 is 39.3 Å². The number of nitrogens with one attached hydrogen (secondary N) is 2. The van der Waals surface area contributed by atoms with Crippen molar-refractivity contribution < 1.29 is 14.4 Å². The minimum atomic E-state index is -0.514. The fourth-order valence-electron chi connectivity index (χ4n) is 2.32. The van der Waals surface area contributed by atoms with Gasteiger partial charge in [-0.2, -0.15) is 0 Å². The summed E-state index contributed by atoms with van der Waals surface area (Å²) in [6.07, 6.45) is 0.837. The molecule has 1 saturated heterocycles. The van der Waals surface area contributed by atoms with Gasteiger partial charge >= 0.3 is 0 Å². The summed E-state index contributed by atoms with van der Waals surface area (Å²) < 4.78 is 0.937. The molecule has 2 N–H and O–H groups in total. The fourth-order valence-corrected chi connectivity index (χ4v) is 2.79. The first kappa shape index (κ1) is 16.5. The lowest BCUT2D eigenvalue weighted by atomic mass is 10.2. The zero-order chi connectivity index (χ0) is 16.3. The summed E-state index contributed by atoms with van der Waals surface area (Å²) in [7, 11) is 1.56. The fraction of sp³-hybridized carbons (Fsp3) is 0.400. The molecule has 22 heavy (non-hydrogen) atoms. The molecule has 0 spiro atoms. The topological polar surface area (TPSA) is 78.5 Å². The number of amides is 3. The van der Waals surface area contributed by atoms with Crippen molar-refractivity contribution in [2.24, 2.45) is 0 Å². The number of hydrogen-bond acceptors (Lipinski definition) is 3. The maximum atomic E-state index is 12.1. The average molecular weight is 368 g/mol. The highest BCUT2D eigenvalue weighted by Crippen LogP contribution is 2.20. The van der Waals surface area contributed by atoms with Gasteiger partial charge in [0, 0.05) is 23.6 Å². The van der Waals surface area contributed by atoms with Crippen LogP contribution in [0.25, 0.3) is 0 Å². The van der Waals surface area contributed by atoms with E-state index < -0.39 is 6.04 Å². The second-order valence-electron chi connectivity index (χ2n) is 5.36. The van der Waals surface area contributed by atoms with Crippen LogP contribution in [-0.4, -0.2) is 42.3 Å². The molecule has 2 rings (SSSR count). The zero-order valence-electron chi connectivity index (χ0n) is 12.5. The number of hydrogen-bond donors (Lipinski definition) is 2. The van der Waals surface area contributed by atoms with Crippen LogP contribution < -0.4 is 10.6 Å². The van der Waals surface area contributed by atoms with Crippen LogP contribution >= 0.6 is 15.9 Å². The molecule has 1 aliphatic rings. The van der Waals surface area contributed by atoms with Gasteiger partial charge in [-0.25, -0.2) is 0 Å². The summed E-state index contributed by atoms with van der Waals surface area (Å²) in [5.41, 5.74) is 1.64. The minimum Gasteiger partial charge on any atom is -0.344 e. The van der Waals surface area contributed by atoms with Crippen molar-refractivity contribution in [2.45, 2.75) is 25.8 Å². The monoisotopic (exact) mass is 367 g/mol. The molecule has 7 heteroatoms. The van der Waals surface area contributed by atoms with E-state index in [0.717, 1.165) is 10.0 Å². The molecule has 0 bridgehead atoms. The van der Waals surface area contributed by atoms with E-state index >= 15 is 0 Å². The van der Waals surface area contributed by atoms with Gasteiger partial charge in [0.2, 0.25) is 17.7 Å². The highest BCUT2D eigenvalue weighted by atomic mass is 79.9. The van der Waals surface area contributed by atoms with Crippen molar-refractivity contribution in [3.63, 3.8) is 0 Å². The Bertz CT molecular complexity index is 618. The Morgan fingerprint density at radius 2 is 2.18 bits per heavy atom. The molecule has 0 saturated carbocycles. The molecule has 0 aliphatic carbocycles. The van der Waals surface area contributed by atoms with Crippen molar-refractivity contribution in [3.8, 4) is 0 Å². The zero-order valence-corrected chi connectivity index (χ0v) is 14.1. The SMILES string of the molecule is Cc1cc(Br)ccc1NC(=O)CN(C)C(=O)[C@@H]1CCC(=O)N1. The number of rotatable bonds is 4. The highest BCUT2D eigenvalue weighted by molar-refractivity contribution is 9.10. The summed E-state index contributed by atoms with van der Waals surface area (Å²) in [6.45, 7) is 1.84. The van der Waals surface area contributed by atoms with Crippen LogP contribution in [0, 0.1) is 6.92 Å². The Morgan fingerprint density at radius 3 is 2.77 bits per heavy atom. The van der Waals surface area contributed by atoms with Crippen LogP contribution in [0.15, 0.2) is 22.7 Å². The maximum absolute atomic E-state index is 12.1. The second kappa shape index (κ2) is 6.91. The van der Waals surface area contributed by atoms with Gasteiger partial charge in [-0.05, 0) is 37.1 Å². The van der Waals surface area contributed by atoms with Crippen LogP contribution in [0.5, 0.6) is 0 Å². The first-order valence-electron chi connectivity index (χ1n) is 6.97. The number of aryl methyl sites for hydroxylation is 1. The van der Waals surface area contributed by atoms with Crippen molar-refractivity contribution in [3.05, 3.63) is 28.2 Å². The average Bonchev–Trinajstić information content (AvgIpc) is 2.87. The molecular weight excluding hydrogens is 350 g/mol. The normalized spacial score (nSPS) is 17.0. The van der Waals surface area contributed by atoms with E-state index in [4.69, 9.17) is 0 Å². The summed E-state index contributed by atoms with van der Waals surface area (Å²) >= 11 is 3.36. The molecule has 0 aromatic heterocycles. The van der Waals surface area contributed by atoms with Crippen LogP contribution in [0.4, 0.5) is 5.69 Å². The van der Waals surface area contributed by atoms with Gasteiger partial charge in [0.1, 0.15) is 6.04 Å². The van der Waals surface area contributed by atoms with Crippen LogP contribution in [0.3, 0.4) is 0 Å². The minimum absolute atomic E-state index is 0.0549. The molecule has 1 fully saturated rings.